The summed E-state index contributed by atoms with van der Waals surface area (Å²) < 4.78 is 0. The van der Waals surface area contributed by atoms with Crippen LogP contribution in [0.4, 0.5) is 0 Å². The highest BCUT2D eigenvalue weighted by atomic mass is 32.2. The number of hydrogen-bond acceptors (Lipinski definition) is 3. The second-order valence-corrected chi connectivity index (χ2v) is 5.90. The summed E-state index contributed by atoms with van der Waals surface area (Å²) in [5.41, 5.74) is 0. The quantitative estimate of drug-likeness (QED) is 0.772. The summed E-state index contributed by atoms with van der Waals surface area (Å²) in [6, 6.07) is 4.01. The molecule has 2 rings (SSSR count). The zero-order valence-electron chi connectivity index (χ0n) is 9.26. The van der Waals surface area contributed by atoms with E-state index >= 15 is 0 Å². The molecule has 1 aromatic rings. The van der Waals surface area contributed by atoms with Crippen LogP contribution in [0.15, 0.2) is 23.6 Å². The third kappa shape index (κ3) is 2.89. The van der Waals surface area contributed by atoms with Gasteiger partial charge in [0.2, 0.25) is 5.91 Å². The van der Waals surface area contributed by atoms with Crippen LogP contribution in [0, 0.1) is 0 Å². The Morgan fingerprint density at radius 2 is 2.56 bits per heavy atom. The van der Waals surface area contributed by atoms with Gasteiger partial charge in [-0.1, -0.05) is 6.07 Å². The van der Waals surface area contributed by atoms with Gasteiger partial charge in [0.15, 0.2) is 0 Å². The Balaban J connectivity index is 1.89. The zero-order valence-corrected chi connectivity index (χ0v) is 10.9. The van der Waals surface area contributed by atoms with Crippen LogP contribution >= 0.6 is 23.1 Å². The van der Waals surface area contributed by atoms with E-state index in [2.05, 4.69) is 6.26 Å². The van der Waals surface area contributed by atoms with E-state index in [-0.39, 0.29) is 5.91 Å². The van der Waals surface area contributed by atoms with Crippen molar-refractivity contribution in [2.75, 3.05) is 19.3 Å². The molecule has 2 nitrogen and oxygen atoms in total. The molecule has 4 heteroatoms. The minimum atomic E-state index is 0.143. The monoisotopic (exact) mass is 253 g/mol. The molecule has 0 aliphatic carbocycles. The Kier molecular flexibility index (Phi) is 4.07. The van der Waals surface area contributed by atoms with E-state index in [9.17, 15) is 4.79 Å². The van der Waals surface area contributed by atoms with Crippen molar-refractivity contribution in [3.05, 3.63) is 28.5 Å². The first-order valence-electron chi connectivity index (χ1n) is 5.33. The molecule has 0 saturated carbocycles. The number of nitrogens with zero attached hydrogens (tertiary/aromatic N) is 1. The van der Waals surface area contributed by atoms with Crippen molar-refractivity contribution in [3.63, 3.8) is 0 Å². The molecule has 0 aromatic carbocycles. The first-order valence-corrected chi connectivity index (χ1v) is 7.49. The van der Waals surface area contributed by atoms with Crippen molar-refractivity contribution in [2.24, 2.45) is 0 Å². The molecule has 16 heavy (non-hydrogen) atoms. The lowest BCUT2D eigenvalue weighted by atomic mass is 10.4. The number of carbonyl (C=O) groups is 1. The molecule has 1 fully saturated rings. The minimum absolute atomic E-state index is 0.143. The second kappa shape index (κ2) is 5.55. The molecule has 86 valence electrons. The van der Waals surface area contributed by atoms with Crippen LogP contribution in [0.2, 0.25) is 0 Å². The highest BCUT2D eigenvalue weighted by molar-refractivity contribution is 7.99. The van der Waals surface area contributed by atoms with Gasteiger partial charge in [-0.15, -0.1) is 11.3 Å². The van der Waals surface area contributed by atoms with Crippen LogP contribution < -0.4 is 0 Å². The molecule has 0 N–H and O–H groups in total. The zero-order chi connectivity index (χ0) is 11.4. The maximum atomic E-state index is 11.8. The van der Waals surface area contributed by atoms with E-state index in [0.29, 0.717) is 5.25 Å². The predicted octanol–water partition coefficient (Wildman–Crippen LogP) is 2.73. The summed E-state index contributed by atoms with van der Waals surface area (Å²) >= 11 is 3.50. The molecule has 0 bridgehead atoms. The number of carbonyl (C=O) groups excluding carboxylic acids is 1. The summed E-state index contributed by atoms with van der Waals surface area (Å²) in [6.07, 6.45) is 6.83. The van der Waals surface area contributed by atoms with Crippen molar-refractivity contribution in [2.45, 2.75) is 11.7 Å². The van der Waals surface area contributed by atoms with Gasteiger partial charge in [0.25, 0.3) is 0 Å². The minimum Gasteiger partial charge on any atom is -0.338 e. The second-order valence-electron chi connectivity index (χ2n) is 3.78. The number of hydrogen-bond donors (Lipinski definition) is 0. The molecule has 1 amide bonds. The molecule has 1 atom stereocenters. The highest BCUT2D eigenvalue weighted by Crippen LogP contribution is 2.20. The number of thioether (sulfide) groups is 1. The maximum absolute atomic E-state index is 11.8. The summed E-state index contributed by atoms with van der Waals surface area (Å²) in [5, 5.41) is 2.64. The topological polar surface area (TPSA) is 20.3 Å². The molecule has 1 aliphatic rings. The number of amides is 1. The summed E-state index contributed by atoms with van der Waals surface area (Å²) in [6.45, 7) is 1.80. The highest BCUT2D eigenvalue weighted by Gasteiger charge is 2.23. The van der Waals surface area contributed by atoms with Crippen molar-refractivity contribution in [1.29, 1.82) is 0 Å². The number of thiophene rings is 1. The molecule has 0 spiro atoms. The third-order valence-corrected chi connectivity index (χ3v) is 4.61. The standard InChI is InChI=1S/C12H15NOS2/c1-15-11-6-7-13(9-11)12(14)5-4-10-3-2-8-16-10/h2-5,8,11H,6-7,9H2,1H3/b5-4+. The van der Waals surface area contributed by atoms with Gasteiger partial charge >= 0.3 is 0 Å². The van der Waals surface area contributed by atoms with Crippen LogP contribution in [0.25, 0.3) is 6.08 Å². The van der Waals surface area contributed by atoms with Crippen LogP contribution in [-0.2, 0) is 4.79 Å². The first-order chi connectivity index (χ1) is 7.79. The van der Waals surface area contributed by atoms with Gasteiger partial charge in [0.05, 0.1) is 0 Å². The molecule has 1 saturated heterocycles. The van der Waals surface area contributed by atoms with Gasteiger partial charge in [0, 0.05) is 29.3 Å². The van der Waals surface area contributed by atoms with Crippen molar-refractivity contribution in [3.8, 4) is 0 Å². The lowest BCUT2D eigenvalue weighted by Gasteiger charge is -2.13. The van der Waals surface area contributed by atoms with E-state index in [1.165, 1.54) is 0 Å². The number of rotatable bonds is 3. The lowest BCUT2D eigenvalue weighted by molar-refractivity contribution is -0.124. The molecular formula is C12H15NOS2. The third-order valence-electron chi connectivity index (χ3n) is 2.72. The van der Waals surface area contributed by atoms with Gasteiger partial charge in [-0.3, -0.25) is 4.79 Å². The molecule has 1 aliphatic heterocycles. The van der Waals surface area contributed by atoms with Crippen molar-refractivity contribution < 1.29 is 4.79 Å². The molecule has 0 radical (unpaired) electrons. The van der Waals surface area contributed by atoms with Gasteiger partial charge < -0.3 is 4.90 Å². The van der Waals surface area contributed by atoms with Gasteiger partial charge in [0.1, 0.15) is 0 Å². The van der Waals surface area contributed by atoms with Gasteiger partial charge in [-0.05, 0) is 30.2 Å². The largest absolute Gasteiger partial charge is 0.338 e. The summed E-state index contributed by atoms with van der Waals surface area (Å²) in [5.74, 6) is 0.143. The van der Waals surface area contributed by atoms with E-state index in [1.807, 2.05) is 40.3 Å². The predicted molar refractivity (Wildman–Crippen MR) is 71.9 cm³/mol. The van der Waals surface area contributed by atoms with Crippen LogP contribution in [0.3, 0.4) is 0 Å². The van der Waals surface area contributed by atoms with E-state index in [1.54, 1.807) is 17.4 Å². The Bertz CT molecular complexity index is 372. The molecule has 1 aromatic heterocycles. The Morgan fingerprint density at radius 1 is 1.69 bits per heavy atom. The van der Waals surface area contributed by atoms with Crippen molar-refractivity contribution >= 4 is 35.1 Å². The molecule has 2 heterocycles. The molecular weight excluding hydrogens is 238 g/mol. The number of likely N-dealkylation sites (tertiary alicyclic amines) is 1. The average molecular weight is 253 g/mol. The first kappa shape index (κ1) is 11.7. The molecule has 1 unspecified atom stereocenters. The average Bonchev–Trinajstić information content (AvgIpc) is 2.96. The normalized spacial score (nSPS) is 20.8. The van der Waals surface area contributed by atoms with Gasteiger partial charge in [-0.25, -0.2) is 0 Å². The Hall–Kier alpha value is -0.740. The maximum Gasteiger partial charge on any atom is 0.246 e. The van der Waals surface area contributed by atoms with Crippen LogP contribution in [-0.4, -0.2) is 35.4 Å². The van der Waals surface area contributed by atoms with E-state index in [4.69, 9.17) is 0 Å². The van der Waals surface area contributed by atoms with Gasteiger partial charge in [-0.2, -0.15) is 11.8 Å². The van der Waals surface area contributed by atoms with Crippen LogP contribution in [0.1, 0.15) is 11.3 Å². The fourth-order valence-corrected chi connectivity index (χ4v) is 3.05. The Morgan fingerprint density at radius 3 is 3.19 bits per heavy atom. The fourth-order valence-electron chi connectivity index (χ4n) is 1.77. The summed E-state index contributed by atoms with van der Waals surface area (Å²) in [7, 11) is 0. The summed E-state index contributed by atoms with van der Waals surface area (Å²) in [4.78, 5) is 14.9. The Labute approximate surface area is 104 Å². The SMILES string of the molecule is CSC1CCN(C(=O)/C=C/c2cccs2)C1. The lowest BCUT2D eigenvalue weighted by Crippen LogP contribution is -2.27. The van der Waals surface area contributed by atoms with Crippen molar-refractivity contribution in [1.82, 2.24) is 4.90 Å². The fraction of sp³-hybridized carbons (Fsp3) is 0.417. The van der Waals surface area contributed by atoms with Crippen LogP contribution in [0.5, 0.6) is 0 Å². The van der Waals surface area contributed by atoms with E-state index in [0.717, 1.165) is 24.4 Å². The van der Waals surface area contributed by atoms with E-state index < -0.39 is 0 Å². The smallest absolute Gasteiger partial charge is 0.246 e.